The standard InChI is InChI=1S/C12H15N3O2/c1-7-10(12(17)14-6-5-13)11-8(15-7)3-2-4-9(11)16/h2-4,15-16H,5-6,13H2,1H3,(H,14,17). The number of phenols is 1. The predicted molar refractivity (Wildman–Crippen MR) is 66.1 cm³/mol. The Balaban J connectivity index is 2.52. The molecule has 0 aliphatic heterocycles. The molecule has 0 spiro atoms. The lowest BCUT2D eigenvalue weighted by atomic mass is 10.1. The van der Waals surface area contributed by atoms with Gasteiger partial charge in [0.2, 0.25) is 0 Å². The summed E-state index contributed by atoms with van der Waals surface area (Å²) in [5, 5.41) is 13.1. The van der Waals surface area contributed by atoms with E-state index in [0.29, 0.717) is 24.0 Å². The SMILES string of the molecule is Cc1[nH]c2cccc(O)c2c1C(=O)NCCN. The summed E-state index contributed by atoms with van der Waals surface area (Å²) in [7, 11) is 0. The first-order chi connectivity index (χ1) is 8.15. The fraction of sp³-hybridized carbons (Fsp3) is 0.250. The molecule has 17 heavy (non-hydrogen) atoms. The first kappa shape index (κ1) is 11.5. The molecule has 2 aromatic rings. The number of benzene rings is 1. The van der Waals surface area contributed by atoms with Crippen molar-refractivity contribution >= 4 is 16.8 Å². The van der Waals surface area contributed by atoms with Gasteiger partial charge in [0.15, 0.2) is 0 Å². The Hall–Kier alpha value is -2.01. The van der Waals surface area contributed by atoms with Gasteiger partial charge in [0.1, 0.15) is 5.75 Å². The molecule has 0 atom stereocenters. The highest BCUT2D eigenvalue weighted by molar-refractivity contribution is 6.10. The highest BCUT2D eigenvalue weighted by atomic mass is 16.3. The number of aromatic amines is 1. The zero-order chi connectivity index (χ0) is 12.4. The summed E-state index contributed by atoms with van der Waals surface area (Å²) in [5.41, 5.74) is 7.30. The van der Waals surface area contributed by atoms with Crippen LogP contribution in [0.5, 0.6) is 5.75 Å². The molecule has 90 valence electrons. The molecule has 1 amide bonds. The number of amides is 1. The van der Waals surface area contributed by atoms with Crippen molar-refractivity contribution in [2.75, 3.05) is 13.1 Å². The minimum atomic E-state index is -0.222. The average molecular weight is 233 g/mol. The van der Waals surface area contributed by atoms with E-state index in [1.807, 2.05) is 6.07 Å². The lowest BCUT2D eigenvalue weighted by Gasteiger charge is -2.04. The Morgan fingerprint density at radius 1 is 1.53 bits per heavy atom. The second-order valence-corrected chi connectivity index (χ2v) is 3.87. The normalized spacial score (nSPS) is 10.7. The molecule has 0 aliphatic rings. The molecule has 0 fully saturated rings. The summed E-state index contributed by atoms with van der Waals surface area (Å²) in [6, 6.07) is 5.12. The zero-order valence-electron chi connectivity index (χ0n) is 9.58. The molecular weight excluding hydrogens is 218 g/mol. The molecule has 0 radical (unpaired) electrons. The highest BCUT2D eigenvalue weighted by Crippen LogP contribution is 2.29. The van der Waals surface area contributed by atoms with E-state index in [2.05, 4.69) is 10.3 Å². The Morgan fingerprint density at radius 2 is 2.29 bits per heavy atom. The first-order valence-corrected chi connectivity index (χ1v) is 5.43. The van der Waals surface area contributed by atoms with Gasteiger partial charge in [0.05, 0.1) is 16.5 Å². The number of rotatable bonds is 3. The summed E-state index contributed by atoms with van der Waals surface area (Å²) in [6.45, 7) is 2.61. The molecule has 0 saturated heterocycles. The predicted octanol–water partition coefficient (Wildman–Crippen LogP) is 0.870. The number of hydrogen-bond acceptors (Lipinski definition) is 3. The molecule has 0 saturated carbocycles. The van der Waals surface area contributed by atoms with Crippen molar-refractivity contribution in [1.82, 2.24) is 10.3 Å². The van der Waals surface area contributed by atoms with Crippen LogP contribution in [0.2, 0.25) is 0 Å². The van der Waals surface area contributed by atoms with Crippen LogP contribution in [0.15, 0.2) is 18.2 Å². The maximum absolute atomic E-state index is 12.0. The van der Waals surface area contributed by atoms with Crippen molar-refractivity contribution < 1.29 is 9.90 Å². The minimum Gasteiger partial charge on any atom is -0.507 e. The lowest BCUT2D eigenvalue weighted by molar-refractivity contribution is 0.0955. The van der Waals surface area contributed by atoms with E-state index >= 15 is 0 Å². The molecule has 2 rings (SSSR count). The molecule has 1 aromatic heterocycles. The summed E-state index contributed by atoms with van der Waals surface area (Å²) in [6.07, 6.45) is 0. The molecule has 0 unspecified atom stereocenters. The van der Waals surface area contributed by atoms with Crippen LogP contribution < -0.4 is 11.1 Å². The van der Waals surface area contributed by atoms with E-state index in [1.165, 1.54) is 0 Å². The number of nitrogens with two attached hydrogens (primary N) is 1. The van der Waals surface area contributed by atoms with Gasteiger partial charge in [-0.3, -0.25) is 4.79 Å². The van der Waals surface area contributed by atoms with Crippen molar-refractivity contribution in [2.24, 2.45) is 5.73 Å². The third-order valence-corrected chi connectivity index (χ3v) is 2.65. The number of hydrogen-bond donors (Lipinski definition) is 4. The van der Waals surface area contributed by atoms with Gasteiger partial charge in [-0.05, 0) is 19.1 Å². The fourth-order valence-corrected chi connectivity index (χ4v) is 1.92. The number of carbonyl (C=O) groups excluding carboxylic acids is 1. The topological polar surface area (TPSA) is 91.1 Å². The Labute approximate surface area is 98.6 Å². The number of aromatic nitrogens is 1. The van der Waals surface area contributed by atoms with Gasteiger partial charge in [0, 0.05) is 18.8 Å². The van der Waals surface area contributed by atoms with Gasteiger partial charge in [-0.25, -0.2) is 0 Å². The number of nitrogens with one attached hydrogen (secondary N) is 2. The second-order valence-electron chi connectivity index (χ2n) is 3.87. The van der Waals surface area contributed by atoms with Crippen molar-refractivity contribution in [3.8, 4) is 5.75 Å². The number of aryl methyl sites for hydroxylation is 1. The minimum absolute atomic E-state index is 0.102. The Morgan fingerprint density at radius 3 is 3.00 bits per heavy atom. The van der Waals surface area contributed by atoms with Crippen LogP contribution in [0.4, 0.5) is 0 Å². The van der Waals surface area contributed by atoms with Gasteiger partial charge >= 0.3 is 0 Å². The number of fused-ring (bicyclic) bond motifs is 1. The largest absolute Gasteiger partial charge is 0.507 e. The maximum atomic E-state index is 12.0. The van der Waals surface area contributed by atoms with E-state index in [-0.39, 0.29) is 11.7 Å². The fourth-order valence-electron chi connectivity index (χ4n) is 1.92. The Kier molecular flexibility index (Phi) is 3.01. The zero-order valence-corrected chi connectivity index (χ0v) is 9.58. The third kappa shape index (κ3) is 1.97. The van der Waals surface area contributed by atoms with Gasteiger partial charge < -0.3 is 21.1 Å². The number of aromatic hydroxyl groups is 1. The van der Waals surface area contributed by atoms with Crippen LogP contribution >= 0.6 is 0 Å². The molecule has 5 N–H and O–H groups in total. The summed E-state index contributed by atoms with van der Waals surface area (Å²) in [5.74, 6) is -0.120. The smallest absolute Gasteiger partial charge is 0.253 e. The van der Waals surface area contributed by atoms with Crippen molar-refractivity contribution in [1.29, 1.82) is 0 Å². The van der Waals surface area contributed by atoms with E-state index < -0.39 is 0 Å². The van der Waals surface area contributed by atoms with Gasteiger partial charge in [-0.1, -0.05) is 6.07 Å². The third-order valence-electron chi connectivity index (χ3n) is 2.65. The van der Waals surface area contributed by atoms with Crippen LogP contribution in [-0.2, 0) is 0 Å². The van der Waals surface area contributed by atoms with Crippen molar-refractivity contribution in [2.45, 2.75) is 6.92 Å². The van der Waals surface area contributed by atoms with E-state index in [4.69, 9.17) is 5.73 Å². The lowest BCUT2D eigenvalue weighted by Crippen LogP contribution is -2.29. The molecule has 1 heterocycles. The number of carbonyl (C=O) groups is 1. The average Bonchev–Trinajstić information content (AvgIpc) is 2.64. The quantitative estimate of drug-likeness (QED) is 0.634. The Bertz CT molecular complexity index is 560. The van der Waals surface area contributed by atoms with Crippen LogP contribution in [0, 0.1) is 6.92 Å². The van der Waals surface area contributed by atoms with E-state index in [0.717, 1.165) is 11.2 Å². The molecule has 5 heteroatoms. The maximum Gasteiger partial charge on any atom is 0.253 e. The monoisotopic (exact) mass is 233 g/mol. The van der Waals surface area contributed by atoms with Gasteiger partial charge in [0.25, 0.3) is 5.91 Å². The van der Waals surface area contributed by atoms with Crippen LogP contribution in [0.1, 0.15) is 16.1 Å². The summed E-state index contributed by atoms with van der Waals surface area (Å²) >= 11 is 0. The van der Waals surface area contributed by atoms with Crippen LogP contribution in [0.3, 0.4) is 0 Å². The number of phenolic OH excluding ortho intramolecular Hbond substituents is 1. The molecule has 0 bridgehead atoms. The van der Waals surface area contributed by atoms with Gasteiger partial charge in [-0.2, -0.15) is 0 Å². The molecular formula is C12H15N3O2. The highest BCUT2D eigenvalue weighted by Gasteiger charge is 2.17. The van der Waals surface area contributed by atoms with Crippen molar-refractivity contribution in [3.63, 3.8) is 0 Å². The first-order valence-electron chi connectivity index (χ1n) is 5.43. The van der Waals surface area contributed by atoms with Crippen LogP contribution in [-0.4, -0.2) is 29.1 Å². The second kappa shape index (κ2) is 4.47. The van der Waals surface area contributed by atoms with Gasteiger partial charge in [-0.15, -0.1) is 0 Å². The van der Waals surface area contributed by atoms with Crippen LogP contribution in [0.25, 0.3) is 10.9 Å². The summed E-state index contributed by atoms with van der Waals surface area (Å²) < 4.78 is 0. The van der Waals surface area contributed by atoms with Crippen molar-refractivity contribution in [3.05, 3.63) is 29.5 Å². The molecule has 0 aliphatic carbocycles. The molecule has 5 nitrogen and oxygen atoms in total. The van der Waals surface area contributed by atoms with E-state index in [9.17, 15) is 9.90 Å². The van der Waals surface area contributed by atoms with E-state index in [1.54, 1.807) is 19.1 Å². The summed E-state index contributed by atoms with van der Waals surface area (Å²) in [4.78, 5) is 15.0. The number of H-pyrrole nitrogens is 1. The molecule has 1 aromatic carbocycles.